The molecule has 2 aromatic rings. The summed E-state index contributed by atoms with van der Waals surface area (Å²) in [5.41, 5.74) is 6.74. The Kier molecular flexibility index (Phi) is 3.14. The van der Waals surface area contributed by atoms with Crippen LogP contribution in [0, 0.1) is 18.3 Å². The number of aromatic amines is 1. The number of nitrogens with zero attached hydrogens (tertiary/aromatic N) is 2. The second-order valence-electron chi connectivity index (χ2n) is 3.86. The summed E-state index contributed by atoms with van der Waals surface area (Å²) in [5, 5.41) is 15.1. The number of benzene rings is 1. The average Bonchev–Trinajstić information content (AvgIpc) is 2.70. The van der Waals surface area contributed by atoms with Gasteiger partial charge in [-0.2, -0.15) is 10.4 Å². The third kappa shape index (κ3) is 2.51. The van der Waals surface area contributed by atoms with Gasteiger partial charge in [0.25, 0.3) is 10.0 Å². The first-order valence-corrected chi connectivity index (χ1v) is 6.76. The molecule has 2 rings (SSSR count). The van der Waals surface area contributed by atoms with Gasteiger partial charge in [-0.3, -0.25) is 9.82 Å². The Morgan fingerprint density at radius 3 is 2.79 bits per heavy atom. The Balaban J connectivity index is 2.38. The average molecular weight is 277 g/mol. The van der Waals surface area contributed by atoms with Crippen LogP contribution in [0.1, 0.15) is 11.3 Å². The van der Waals surface area contributed by atoms with E-state index < -0.39 is 10.0 Å². The highest BCUT2D eigenvalue weighted by Gasteiger charge is 2.18. The Labute approximate surface area is 110 Å². The number of aryl methyl sites for hydroxylation is 1. The molecule has 0 fully saturated rings. The molecule has 0 unspecified atom stereocenters. The molecule has 98 valence electrons. The number of sulfonamides is 1. The Bertz CT molecular complexity index is 758. The Hall–Kier alpha value is -2.53. The number of nitrogens with one attached hydrogen (secondary N) is 2. The van der Waals surface area contributed by atoms with Gasteiger partial charge in [-0.05, 0) is 25.1 Å². The summed E-state index contributed by atoms with van der Waals surface area (Å²) in [6, 6.07) is 7.56. The van der Waals surface area contributed by atoms with Crippen LogP contribution in [0.5, 0.6) is 0 Å². The summed E-state index contributed by atoms with van der Waals surface area (Å²) in [5.74, 6) is 0.0415. The highest BCUT2D eigenvalue weighted by Crippen LogP contribution is 2.22. The molecule has 7 nitrogen and oxygen atoms in total. The second kappa shape index (κ2) is 4.62. The molecule has 0 atom stereocenters. The molecule has 0 radical (unpaired) electrons. The number of nitrogen functional groups attached to an aromatic ring is 1. The van der Waals surface area contributed by atoms with Crippen LogP contribution in [0.2, 0.25) is 0 Å². The number of hydrogen-bond donors (Lipinski definition) is 3. The zero-order valence-corrected chi connectivity index (χ0v) is 10.8. The number of rotatable bonds is 3. The van der Waals surface area contributed by atoms with Crippen molar-refractivity contribution in [3.8, 4) is 6.07 Å². The molecule has 19 heavy (non-hydrogen) atoms. The molecule has 1 aromatic carbocycles. The van der Waals surface area contributed by atoms with Gasteiger partial charge in [-0.25, -0.2) is 8.42 Å². The first kappa shape index (κ1) is 12.9. The number of nitriles is 1. The van der Waals surface area contributed by atoms with Crippen LogP contribution in [0.25, 0.3) is 0 Å². The fourth-order valence-corrected chi connectivity index (χ4v) is 2.50. The van der Waals surface area contributed by atoms with Crippen LogP contribution < -0.4 is 10.5 Å². The van der Waals surface area contributed by atoms with Gasteiger partial charge in [0, 0.05) is 0 Å². The number of anilines is 2. The molecule has 1 heterocycles. The zero-order valence-electron chi connectivity index (χ0n) is 10.0. The summed E-state index contributed by atoms with van der Waals surface area (Å²) >= 11 is 0. The first-order chi connectivity index (χ1) is 8.94. The Morgan fingerprint density at radius 2 is 2.21 bits per heavy atom. The van der Waals surface area contributed by atoms with Crippen molar-refractivity contribution >= 4 is 21.5 Å². The van der Waals surface area contributed by atoms with Gasteiger partial charge in [-0.1, -0.05) is 6.07 Å². The monoisotopic (exact) mass is 277 g/mol. The van der Waals surface area contributed by atoms with Crippen molar-refractivity contribution in [2.24, 2.45) is 0 Å². The third-order valence-electron chi connectivity index (χ3n) is 2.50. The first-order valence-electron chi connectivity index (χ1n) is 5.27. The summed E-state index contributed by atoms with van der Waals surface area (Å²) in [4.78, 5) is -0.0217. The van der Waals surface area contributed by atoms with Crippen molar-refractivity contribution in [1.82, 2.24) is 10.2 Å². The molecule has 0 saturated carbocycles. The minimum Gasteiger partial charge on any atom is -0.394 e. The van der Waals surface area contributed by atoms with E-state index in [1.165, 1.54) is 24.3 Å². The molecule has 0 bridgehead atoms. The molecule has 0 amide bonds. The highest BCUT2D eigenvalue weighted by atomic mass is 32.2. The molecule has 0 aliphatic carbocycles. The number of aromatic nitrogens is 2. The summed E-state index contributed by atoms with van der Waals surface area (Å²) in [6.07, 6.45) is 0. The molecule has 0 aliphatic heterocycles. The van der Waals surface area contributed by atoms with Crippen LogP contribution in [-0.4, -0.2) is 18.6 Å². The maximum atomic E-state index is 12.1. The van der Waals surface area contributed by atoms with Gasteiger partial charge >= 0.3 is 0 Å². The second-order valence-corrected chi connectivity index (χ2v) is 5.54. The van der Waals surface area contributed by atoms with E-state index in [0.29, 0.717) is 5.69 Å². The minimum atomic E-state index is -3.82. The van der Waals surface area contributed by atoms with E-state index in [4.69, 9.17) is 11.0 Å². The topological polar surface area (TPSA) is 125 Å². The van der Waals surface area contributed by atoms with Crippen LogP contribution >= 0.6 is 0 Å². The molecule has 0 aliphatic rings. The summed E-state index contributed by atoms with van der Waals surface area (Å²) in [6.45, 7) is 1.68. The molecule has 0 spiro atoms. The number of hydrogen-bond acceptors (Lipinski definition) is 5. The van der Waals surface area contributed by atoms with E-state index in [9.17, 15) is 8.42 Å². The SMILES string of the molecule is Cc1[nH]nc(NS(=O)(=O)c2cccc(C#N)c2)c1N. The number of H-pyrrole nitrogens is 1. The van der Waals surface area contributed by atoms with E-state index in [1.807, 2.05) is 6.07 Å². The number of nitrogens with two attached hydrogens (primary N) is 1. The normalized spacial score (nSPS) is 10.9. The van der Waals surface area contributed by atoms with Gasteiger partial charge in [0.2, 0.25) is 0 Å². The third-order valence-corrected chi connectivity index (χ3v) is 3.84. The van der Waals surface area contributed by atoms with Gasteiger partial charge in [0.05, 0.1) is 27.9 Å². The Morgan fingerprint density at radius 1 is 1.47 bits per heavy atom. The molecule has 4 N–H and O–H groups in total. The standard InChI is InChI=1S/C11H11N5O2S/c1-7-10(13)11(15-14-7)16-19(17,18)9-4-2-3-8(5-9)6-12/h2-5H,13H2,1H3,(H2,14,15,16). The van der Waals surface area contributed by atoms with Gasteiger partial charge in [0.1, 0.15) is 0 Å². The van der Waals surface area contributed by atoms with Gasteiger partial charge in [-0.15, -0.1) is 0 Å². The lowest BCUT2D eigenvalue weighted by Crippen LogP contribution is -2.14. The minimum absolute atomic E-state index is 0.0217. The lowest BCUT2D eigenvalue weighted by atomic mass is 10.2. The van der Waals surface area contributed by atoms with E-state index in [1.54, 1.807) is 6.92 Å². The van der Waals surface area contributed by atoms with Crippen LogP contribution in [0.3, 0.4) is 0 Å². The van der Waals surface area contributed by atoms with Crippen LogP contribution in [0.4, 0.5) is 11.5 Å². The molecular formula is C11H11N5O2S. The quantitative estimate of drug-likeness (QED) is 0.771. The summed E-state index contributed by atoms with van der Waals surface area (Å²) in [7, 11) is -3.82. The smallest absolute Gasteiger partial charge is 0.263 e. The van der Waals surface area contributed by atoms with Crippen molar-refractivity contribution in [2.45, 2.75) is 11.8 Å². The summed E-state index contributed by atoms with van der Waals surface area (Å²) < 4.78 is 26.5. The lowest BCUT2D eigenvalue weighted by Gasteiger charge is -2.06. The maximum absolute atomic E-state index is 12.1. The van der Waals surface area contributed by atoms with Crippen molar-refractivity contribution in [1.29, 1.82) is 5.26 Å². The van der Waals surface area contributed by atoms with Crippen molar-refractivity contribution < 1.29 is 8.42 Å². The lowest BCUT2D eigenvalue weighted by molar-refractivity contribution is 0.601. The van der Waals surface area contributed by atoms with Crippen molar-refractivity contribution in [2.75, 3.05) is 10.5 Å². The van der Waals surface area contributed by atoms with Crippen LogP contribution in [0.15, 0.2) is 29.2 Å². The maximum Gasteiger partial charge on any atom is 0.263 e. The van der Waals surface area contributed by atoms with Crippen molar-refractivity contribution in [3.05, 3.63) is 35.5 Å². The fourth-order valence-electron chi connectivity index (χ4n) is 1.43. The molecule has 8 heteroatoms. The fraction of sp³-hybridized carbons (Fsp3) is 0.0909. The van der Waals surface area contributed by atoms with E-state index in [2.05, 4.69) is 14.9 Å². The highest BCUT2D eigenvalue weighted by molar-refractivity contribution is 7.92. The van der Waals surface area contributed by atoms with Crippen molar-refractivity contribution in [3.63, 3.8) is 0 Å². The molecular weight excluding hydrogens is 266 g/mol. The van der Waals surface area contributed by atoms with Gasteiger partial charge in [0.15, 0.2) is 5.82 Å². The predicted molar refractivity (Wildman–Crippen MR) is 69.7 cm³/mol. The van der Waals surface area contributed by atoms with Crippen LogP contribution in [-0.2, 0) is 10.0 Å². The van der Waals surface area contributed by atoms with E-state index in [0.717, 1.165) is 0 Å². The largest absolute Gasteiger partial charge is 0.394 e. The molecule has 1 aromatic heterocycles. The molecule has 0 saturated heterocycles. The van der Waals surface area contributed by atoms with E-state index >= 15 is 0 Å². The van der Waals surface area contributed by atoms with E-state index in [-0.39, 0.29) is 22.0 Å². The zero-order chi connectivity index (χ0) is 14.0. The predicted octanol–water partition coefficient (Wildman–Crippen LogP) is 0.973. The van der Waals surface area contributed by atoms with Gasteiger partial charge < -0.3 is 5.73 Å².